The number of hydrogen-bond acceptors (Lipinski definition) is 7. The second-order valence-electron chi connectivity index (χ2n) is 7.62. The van der Waals surface area contributed by atoms with Crippen LogP contribution in [-0.2, 0) is 11.2 Å². The van der Waals surface area contributed by atoms with Gasteiger partial charge in [0.1, 0.15) is 18.1 Å². The van der Waals surface area contributed by atoms with Crippen LogP contribution in [0, 0.1) is 10.1 Å². The summed E-state index contributed by atoms with van der Waals surface area (Å²) in [7, 11) is 1.73. The topological polar surface area (TPSA) is 98.0 Å². The molecule has 9 heteroatoms. The summed E-state index contributed by atoms with van der Waals surface area (Å²) in [6.07, 6.45) is 1.99. The van der Waals surface area contributed by atoms with Crippen LogP contribution in [0.1, 0.15) is 12.5 Å². The molecule has 1 saturated heterocycles. The SMILES string of the molecule is CCN1C(=O)OCC1Cc1ccc(Oc2ccc(N(C)c3ncccc3[N+](=O)[O-])cc2)cc1. The first-order chi connectivity index (χ1) is 16.0. The maximum atomic E-state index is 11.7. The zero-order valence-corrected chi connectivity index (χ0v) is 18.4. The first-order valence-electron chi connectivity index (χ1n) is 10.6. The molecule has 170 valence electrons. The van der Waals surface area contributed by atoms with Crippen molar-refractivity contribution in [2.75, 3.05) is 25.1 Å². The van der Waals surface area contributed by atoms with Gasteiger partial charge in [-0.1, -0.05) is 12.1 Å². The predicted octanol–water partition coefficient (Wildman–Crippen LogP) is 4.93. The summed E-state index contributed by atoms with van der Waals surface area (Å²) in [4.78, 5) is 30.1. The monoisotopic (exact) mass is 448 g/mol. The molecule has 0 N–H and O–H groups in total. The van der Waals surface area contributed by atoms with E-state index in [2.05, 4.69) is 4.98 Å². The highest BCUT2D eigenvalue weighted by Crippen LogP contribution is 2.31. The number of carbonyl (C=O) groups is 1. The number of benzene rings is 2. The average Bonchev–Trinajstić information content (AvgIpc) is 3.19. The summed E-state index contributed by atoms with van der Waals surface area (Å²) in [5.74, 6) is 1.59. The van der Waals surface area contributed by atoms with Crippen molar-refractivity contribution in [2.24, 2.45) is 0 Å². The fourth-order valence-corrected chi connectivity index (χ4v) is 3.80. The first-order valence-corrected chi connectivity index (χ1v) is 10.6. The van der Waals surface area contributed by atoms with Crippen molar-refractivity contribution in [2.45, 2.75) is 19.4 Å². The molecule has 1 aliphatic rings. The third-order valence-electron chi connectivity index (χ3n) is 5.55. The number of anilines is 2. The van der Waals surface area contributed by atoms with Crippen LogP contribution in [0.4, 0.5) is 22.0 Å². The van der Waals surface area contributed by atoms with Crippen molar-refractivity contribution in [1.82, 2.24) is 9.88 Å². The second kappa shape index (κ2) is 9.56. The lowest BCUT2D eigenvalue weighted by atomic mass is 10.1. The van der Waals surface area contributed by atoms with E-state index in [0.717, 1.165) is 17.7 Å². The van der Waals surface area contributed by atoms with Gasteiger partial charge in [-0.15, -0.1) is 0 Å². The van der Waals surface area contributed by atoms with Gasteiger partial charge in [0, 0.05) is 31.5 Å². The van der Waals surface area contributed by atoms with Crippen LogP contribution < -0.4 is 9.64 Å². The van der Waals surface area contributed by atoms with Gasteiger partial charge in [0.05, 0.1) is 11.0 Å². The number of hydrogen-bond donors (Lipinski definition) is 0. The maximum absolute atomic E-state index is 11.7. The highest BCUT2D eigenvalue weighted by molar-refractivity contribution is 5.70. The highest BCUT2D eigenvalue weighted by Gasteiger charge is 2.31. The smallest absolute Gasteiger partial charge is 0.410 e. The molecular weight excluding hydrogens is 424 g/mol. The van der Waals surface area contributed by atoms with Gasteiger partial charge < -0.3 is 19.3 Å². The lowest BCUT2D eigenvalue weighted by Crippen LogP contribution is -2.34. The van der Waals surface area contributed by atoms with Crippen molar-refractivity contribution in [1.29, 1.82) is 0 Å². The molecule has 2 heterocycles. The molecule has 0 radical (unpaired) electrons. The highest BCUT2D eigenvalue weighted by atomic mass is 16.6. The van der Waals surface area contributed by atoms with Crippen molar-refractivity contribution >= 4 is 23.3 Å². The Hall–Kier alpha value is -4.14. The fourth-order valence-electron chi connectivity index (χ4n) is 3.80. The van der Waals surface area contributed by atoms with E-state index in [1.807, 2.05) is 43.3 Å². The van der Waals surface area contributed by atoms with Gasteiger partial charge in [0.2, 0.25) is 5.82 Å². The Bertz CT molecular complexity index is 1130. The molecule has 1 fully saturated rings. The molecule has 1 aromatic heterocycles. The number of pyridine rings is 1. The lowest BCUT2D eigenvalue weighted by Gasteiger charge is -2.19. The molecule has 33 heavy (non-hydrogen) atoms. The Balaban J connectivity index is 1.40. The van der Waals surface area contributed by atoms with E-state index in [0.29, 0.717) is 24.7 Å². The van der Waals surface area contributed by atoms with Crippen LogP contribution in [0.3, 0.4) is 0 Å². The zero-order valence-electron chi connectivity index (χ0n) is 18.4. The zero-order chi connectivity index (χ0) is 23.4. The minimum Gasteiger partial charge on any atom is -0.457 e. The van der Waals surface area contributed by atoms with Gasteiger partial charge in [-0.3, -0.25) is 10.1 Å². The summed E-state index contributed by atoms with van der Waals surface area (Å²) < 4.78 is 11.1. The third-order valence-corrected chi connectivity index (χ3v) is 5.55. The molecule has 1 atom stereocenters. The second-order valence-corrected chi connectivity index (χ2v) is 7.62. The average molecular weight is 448 g/mol. The van der Waals surface area contributed by atoms with Crippen LogP contribution in [-0.4, -0.2) is 47.1 Å². The molecular formula is C24H24N4O5. The van der Waals surface area contributed by atoms with Gasteiger partial charge in [-0.05, 0) is 61.4 Å². The van der Waals surface area contributed by atoms with E-state index in [9.17, 15) is 14.9 Å². The molecule has 0 aliphatic carbocycles. The molecule has 0 spiro atoms. The lowest BCUT2D eigenvalue weighted by molar-refractivity contribution is -0.384. The number of aromatic nitrogens is 1. The number of ether oxygens (including phenoxy) is 2. The van der Waals surface area contributed by atoms with Crippen LogP contribution in [0.5, 0.6) is 11.5 Å². The molecule has 0 saturated carbocycles. The summed E-state index contributed by atoms with van der Waals surface area (Å²) in [6.45, 7) is 2.98. The van der Waals surface area contributed by atoms with Crippen molar-refractivity contribution in [3.05, 3.63) is 82.5 Å². The molecule has 9 nitrogen and oxygen atoms in total. The van der Waals surface area contributed by atoms with Gasteiger partial charge in [0.25, 0.3) is 0 Å². The molecule has 0 bridgehead atoms. The van der Waals surface area contributed by atoms with Gasteiger partial charge in [-0.25, -0.2) is 9.78 Å². The largest absolute Gasteiger partial charge is 0.457 e. The number of nitrogens with zero attached hydrogens (tertiary/aromatic N) is 4. The van der Waals surface area contributed by atoms with Gasteiger partial charge in [-0.2, -0.15) is 0 Å². The Kier molecular flexibility index (Phi) is 6.39. The minimum absolute atomic E-state index is 0.0498. The molecule has 1 unspecified atom stereocenters. The van der Waals surface area contributed by atoms with E-state index in [4.69, 9.17) is 9.47 Å². The fraction of sp³-hybridized carbons (Fsp3) is 0.250. The van der Waals surface area contributed by atoms with Crippen LogP contribution >= 0.6 is 0 Å². The van der Waals surface area contributed by atoms with E-state index < -0.39 is 4.92 Å². The van der Waals surface area contributed by atoms with E-state index in [1.165, 1.54) is 12.3 Å². The Morgan fingerprint density at radius 1 is 1.15 bits per heavy atom. The predicted molar refractivity (Wildman–Crippen MR) is 123 cm³/mol. The van der Waals surface area contributed by atoms with Gasteiger partial charge in [0.15, 0.2) is 0 Å². The number of rotatable bonds is 8. The van der Waals surface area contributed by atoms with Crippen molar-refractivity contribution in [3.8, 4) is 11.5 Å². The quantitative estimate of drug-likeness (QED) is 0.356. The third kappa shape index (κ3) is 4.87. The Labute approximate surface area is 191 Å². The molecule has 1 aliphatic heterocycles. The first kappa shape index (κ1) is 22.1. The number of cyclic esters (lactones) is 1. The van der Waals surface area contributed by atoms with E-state index >= 15 is 0 Å². The molecule has 1 amide bonds. The number of likely N-dealkylation sites (N-methyl/N-ethyl adjacent to an activating group) is 1. The summed E-state index contributed by atoms with van der Waals surface area (Å²) in [5, 5.41) is 11.3. The van der Waals surface area contributed by atoms with Crippen LogP contribution in [0.15, 0.2) is 66.9 Å². The summed E-state index contributed by atoms with van der Waals surface area (Å²) in [5.41, 5.74) is 1.78. The van der Waals surface area contributed by atoms with Crippen molar-refractivity contribution in [3.63, 3.8) is 0 Å². The minimum atomic E-state index is -0.447. The molecule has 4 rings (SSSR count). The van der Waals surface area contributed by atoms with Crippen LogP contribution in [0.2, 0.25) is 0 Å². The number of amides is 1. The Morgan fingerprint density at radius 3 is 2.45 bits per heavy atom. The van der Waals surface area contributed by atoms with Gasteiger partial charge >= 0.3 is 11.8 Å². The summed E-state index contributed by atoms with van der Waals surface area (Å²) >= 11 is 0. The maximum Gasteiger partial charge on any atom is 0.410 e. The Morgan fingerprint density at radius 2 is 1.82 bits per heavy atom. The van der Waals surface area contributed by atoms with Crippen LogP contribution in [0.25, 0.3) is 0 Å². The van der Waals surface area contributed by atoms with E-state index in [1.54, 1.807) is 35.0 Å². The molecule has 2 aromatic carbocycles. The molecule has 3 aromatic rings. The standard InChI is InChI=1S/C24H24N4O5/c1-3-27-19(16-32-24(27)29)15-17-6-10-20(11-7-17)33-21-12-8-18(9-13-21)26(2)23-22(28(30)31)5-4-14-25-23/h4-14,19H,3,15-16H2,1-2H3. The normalized spacial score (nSPS) is 15.3. The number of nitro groups is 1. The number of carbonyl (C=O) groups excluding carboxylic acids is 1. The van der Waals surface area contributed by atoms with Crippen molar-refractivity contribution < 1.29 is 19.2 Å². The summed E-state index contributed by atoms with van der Waals surface area (Å²) in [6, 6.07) is 18.0. The van der Waals surface area contributed by atoms with E-state index in [-0.39, 0.29) is 23.6 Å².